The molecule has 9 fully saturated rings. The summed E-state index contributed by atoms with van der Waals surface area (Å²) >= 11 is 0. The summed E-state index contributed by atoms with van der Waals surface area (Å²) in [5.74, 6) is 0.456. The SMILES string of the molecule is C[C@]12CC(=O)[C@@]34C[C@@]35[C@H]3OC6O[C@]5(CC[C@H]4[C@@H]1CCC21OCCO1)C[C@@H]([C@H]3O[Si](C)(C)C)N6C=O. The fourth-order valence-corrected chi connectivity index (χ4v) is 11.9. The summed E-state index contributed by atoms with van der Waals surface area (Å²) in [4.78, 5) is 28.2. The number of Topliss-reactive ketones (excluding diaryl/α,β-unsaturated/α-hetero) is 1. The van der Waals surface area contributed by atoms with E-state index < -0.39 is 31.5 Å². The van der Waals surface area contributed by atoms with Crippen LogP contribution in [0.25, 0.3) is 0 Å². The quantitative estimate of drug-likeness (QED) is 0.433. The van der Waals surface area contributed by atoms with Crippen molar-refractivity contribution in [1.82, 2.24) is 4.90 Å². The van der Waals surface area contributed by atoms with Gasteiger partial charge < -0.3 is 23.4 Å². The number of hydrogen-bond acceptors (Lipinski definition) is 7. The van der Waals surface area contributed by atoms with Crippen molar-refractivity contribution < 1.29 is 33.0 Å². The van der Waals surface area contributed by atoms with Crippen molar-refractivity contribution in [3.05, 3.63) is 0 Å². The molecular weight excluding hydrogens is 466 g/mol. The number of ketones is 1. The van der Waals surface area contributed by atoms with Crippen LogP contribution in [-0.4, -0.2) is 74.7 Å². The molecule has 1 amide bonds. The topological polar surface area (TPSA) is 83.5 Å². The lowest BCUT2D eigenvalue weighted by Gasteiger charge is -2.70. The van der Waals surface area contributed by atoms with E-state index in [9.17, 15) is 9.59 Å². The summed E-state index contributed by atoms with van der Waals surface area (Å²) in [7, 11) is -1.93. The van der Waals surface area contributed by atoms with Gasteiger partial charge in [-0.15, -0.1) is 0 Å². The maximum Gasteiger partial charge on any atom is 0.243 e. The molecule has 35 heavy (non-hydrogen) atoms. The van der Waals surface area contributed by atoms with Crippen molar-refractivity contribution in [2.24, 2.45) is 28.1 Å². The molecule has 4 bridgehead atoms. The Morgan fingerprint density at radius 3 is 2.57 bits per heavy atom. The molecule has 4 saturated heterocycles. The lowest BCUT2D eigenvalue weighted by molar-refractivity contribution is -0.442. The number of nitrogens with zero attached hydrogens (tertiary/aromatic N) is 1. The first-order chi connectivity index (χ1) is 16.6. The van der Waals surface area contributed by atoms with Gasteiger partial charge in [0.2, 0.25) is 12.8 Å². The van der Waals surface area contributed by atoms with E-state index in [0.29, 0.717) is 37.3 Å². The molecular formula is C26H37NO7Si. The standard InChI is InChI=1S/C26H37NO7Si/c1-22-12-18(29)24-13-25(24)20-19(34-35(2,3)4)17-11-23(25,33-21(32-20)27(17)14-28)7-5-16(24)15(22)6-8-26(22)30-9-10-31-26/h14-17,19-21H,5-13H2,1-4H3/t15-,16-,17-,19+,20-,21?,22-,23+,24-,25-/m0/s1. The van der Waals surface area contributed by atoms with Crippen molar-refractivity contribution in [1.29, 1.82) is 0 Å². The zero-order valence-corrected chi connectivity index (χ0v) is 22.2. The third-order valence-electron chi connectivity index (χ3n) is 11.8. The number of carbonyl (C=O) groups is 2. The highest BCUT2D eigenvalue weighted by atomic mass is 28.4. The van der Waals surface area contributed by atoms with Gasteiger partial charge in [-0.2, -0.15) is 0 Å². The summed E-state index contributed by atoms with van der Waals surface area (Å²) in [5, 5.41) is 0. The summed E-state index contributed by atoms with van der Waals surface area (Å²) in [6, 6.07) is -0.0458. The smallest absolute Gasteiger partial charge is 0.243 e. The molecule has 1 unspecified atom stereocenters. The number of fused-ring (bicyclic) bond motifs is 3. The van der Waals surface area contributed by atoms with Crippen molar-refractivity contribution in [3.8, 4) is 0 Å². The van der Waals surface area contributed by atoms with E-state index in [2.05, 4.69) is 26.6 Å². The largest absolute Gasteiger partial charge is 0.410 e. The number of amides is 1. The van der Waals surface area contributed by atoms with Gasteiger partial charge in [0.05, 0.1) is 37.1 Å². The van der Waals surface area contributed by atoms with Gasteiger partial charge in [-0.3, -0.25) is 14.5 Å². The number of ether oxygens (including phenoxy) is 4. The van der Waals surface area contributed by atoms with Crippen molar-refractivity contribution in [2.45, 2.75) is 108 Å². The van der Waals surface area contributed by atoms with Crippen LogP contribution >= 0.6 is 0 Å². The van der Waals surface area contributed by atoms with Crippen LogP contribution in [0.2, 0.25) is 19.6 Å². The molecule has 4 heterocycles. The Hall–Kier alpha value is -0.843. The van der Waals surface area contributed by atoms with Crippen LogP contribution in [0.3, 0.4) is 0 Å². The van der Waals surface area contributed by atoms with Crippen molar-refractivity contribution in [2.75, 3.05) is 13.2 Å². The van der Waals surface area contributed by atoms with Gasteiger partial charge in [0.25, 0.3) is 0 Å². The summed E-state index contributed by atoms with van der Waals surface area (Å²) in [5.41, 5.74) is -1.44. The fraction of sp³-hybridized carbons (Fsp3) is 0.923. The zero-order chi connectivity index (χ0) is 24.2. The molecule has 10 atom stereocenters. The average molecular weight is 504 g/mol. The first-order valence-electron chi connectivity index (χ1n) is 13.6. The summed E-state index contributed by atoms with van der Waals surface area (Å²) < 4.78 is 32.6. The normalized spacial score (nSPS) is 56.6. The second kappa shape index (κ2) is 6.23. The van der Waals surface area contributed by atoms with Crippen LogP contribution in [0, 0.1) is 28.1 Å². The van der Waals surface area contributed by atoms with E-state index in [-0.39, 0.29) is 29.1 Å². The van der Waals surface area contributed by atoms with Gasteiger partial charge in [0, 0.05) is 35.5 Å². The van der Waals surface area contributed by atoms with Crippen molar-refractivity contribution >= 4 is 20.5 Å². The van der Waals surface area contributed by atoms with Crippen LogP contribution in [-0.2, 0) is 33.0 Å². The van der Waals surface area contributed by atoms with E-state index in [1.807, 2.05) is 0 Å². The highest BCUT2D eigenvalue weighted by Crippen LogP contribution is 2.88. The highest BCUT2D eigenvalue weighted by Gasteiger charge is 2.93. The average Bonchev–Trinajstić information content (AvgIpc) is 3.12. The summed E-state index contributed by atoms with van der Waals surface area (Å²) in [6.07, 6.45) is 5.73. The number of carbonyl (C=O) groups excluding carboxylic acids is 2. The molecule has 0 N–H and O–H groups in total. The molecule has 192 valence electrons. The minimum absolute atomic E-state index is 0.0458. The summed E-state index contributed by atoms with van der Waals surface area (Å²) in [6.45, 7) is 10.1. The maximum absolute atomic E-state index is 14.4. The van der Waals surface area contributed by atoms with Gasteiger partial charge >= 0.3 is 0 Å². The van der Waals surface area contributed by atoms with E-state index in [1.54, 1.807) is 4.90 Å². The third-order valence-corrected chi connectivity index (χ3v) is 12.8. The molecule has 0 radical (unpaired) electrons. The van der Waals surface area contributed by atoms with Gasteiger partial charge in [0.1, 0.15) is 5.78 Å². The second-order valence-corrected chi connectivity index (χ2v) is 18.3. The molecule has 5 saturated carbocycles. The first kappa shape index (κ1) is 22.2. The minimum Gasteiger partial charge on any atom is -0.410 e. The van der Waals surface area contributed by atoms with E-state index in [1.165, 1.54) is 0 Å². The highest BCUT2D eigenvalue weighted by molar-refractivity contribution is 6.69. The molecule has 4 spiro atoms. The van der Waals surface area contributed by atoms with E-state index in [4.69, 9.17) is 23.4 Å². The van der Waals surface area contributed by atoms with E-state index >= 15 is 0 Å². The zero-order valence-electron chi connectivity index (χ0n) is 21.2. The van der Waals surface area contributed by atoms with Gasteiger partial charge in [-0.05, 0) is 57.2 Å². The van der Waals surface area contributed by atoms with Gasteiger partial charge in [0.15, 0.2) is 14.1 Å². The molecule has 9 aliphatic rings. The molecule has 4 aliphatic heterocycles. The molecule has 8 nitrogen and oxygen atoms in total. The van der Waals surface area contributed by atoms with Crippen LogP contribution < -0.4 is 0 Å². The Balaban J connectivity index is 1.23. The van der Waals surface area contributed by atoms with Crippen LogP contribution in [0.15, 0.2) is 0 Å². The fourth-order valence-electron chi connectivity index (χ4n) is 10.8. The predicted octanol–water partition coefficient (Wildman–Crippen LogP) is 2.81. The molecule has 0 aromatic heterocycles. The predicted molar refractivity (Wildman–Crippen MR) is 124 cm³/mol. The Morgan fingerprint density at radius 1 is 1.11 bits per heavy atom. The van der Waals surface area contributed by atoms with Crippen LogP contribution in [0.4, 0.5) is 0 Å². The van der Waals surface area contributed by atoms with Crippen LogP contribution in [0.1, 0.15) is 51.9 Å². The number of hydrogen-bond donors (Lipinski definition) is 0. The lowest BCUT2D eigenvalue weighted by Crippen LogP contribution is -2.81. The molecule has 0 aromatic rings. The number of rotatable bonds is 3. The Kier molecular flexibility index (Phi) is 3.95. The monoisotopic (exact) mass is 503 g/mol. The Bertz CT molecular complexity index is 1030. The minimum atomic E-state index is -1.93. The molecule has 9 rings (SSSR count). The maximum atomic E-state index is 14.4. The van der Waals surface area contributed by atoms with Crippen molar-refractivity contribution in [3.63, 3.8) is 0 Å². The Labute approximate surface area is 207 Å². The third kappa shape index (κ3) is 2.19. The molecule has 0 aromatic carbocycles. The van der Waals surface area contributed by atoms with Crippen LogP contribution in [0.5, 0.6) is 0 Å². The van der Waals surface area contributed by atoms with E-state index in [0.717, 1.165) is 44.9 Å². The lowest BCUT2D eigenvalue weighted by atomic mass is 9.47. The Morgan fingerprint density at radius 2 is 1.86 bits per heavy atom. The molecule has 9 heteroatoms. The first-order valence-corrected chi connectivity index (χ1v) is 17.0. The van der Waals surface area contributed by atoms with Gasteiger partial charge in [-0.1, -0.05) is 6.92 Å². The van der Waals surface area contributed by atoms with Gasteiger partial charge in [-0.25, -0.2) is 0 Å². The molecule has 5 aliphatic carbocycles. The second-order valence-electron chi connectivity index (χ2n) is 13.9.